The summed E-state index contributed by atoms with van der Waals surface area (Å²) in [4.78, 5) is 25.0. The fourth-order valence-electron chi connectivity index (χ4n) is 3.38. The van der Waals surface area contributed by atoms with E-state index in [1.807, 2.05) is 11.0 Å². The zero-order valence-corrected chi connectivity index (χ0v) is 17.7. The molecule has 0 spiro atoms. The number of carbonyl (C=O) groups is 1. The summed E-state index contributed by atoms with van der Waals surface area (Å²) in [5.41, 5.74) is -0.960. The molecule has 1 aliphatic rings. The number of aryl methyl sites for hydroxylation is 1. The van der Waals surface area contributed by atoms with E-state index >= 15 is 0 Å². The van der Waals surface area contributed by atoms with Crippen molar-refractivity contribution >= 4 is 29.1 Å². The first kappa shape index (κ1) is 21.9. The molecule has 0 aliphatic carbocycles. The Labute approximate surface area is 186 Å². The summed E-state index contributed by atoms with van der Waals surface area (Å²) < 4.78 is 40.8. The number of nitrogens with zero attached hydrogens (tertiary/aromatic N) is 6. The quantitative estimate of drug-likeness (QED) is 0.632. The van der Waals surface area contributed by atoms with Crippen LogP contribution in [0.4, 0.5) is 29.5 Å². The van der Waals surface area contributed by atoms with Gasteiger partial charge in [0, 0.05) is 50.3 Å². The average molecular weight is 466 g/mol. The van der Waals surface area contributed by atoms with Crippen LogP contribution in [0.1, 0.15) is 11.4 Å². The zero-order valence-electron chi connectivity index (χ0n) is 17.0. The molecule has 32 heavy (non-hydrogen) atoms. The third kappa shape index (κ3) is 4.77. The fraction of sp³-hybridized carbons (Fsp3) is 0.300. The molecule has 1 saturated heterocycles. The van der Waals surface area contributed by atoms with Crippen LogP contribution < -0.4 is 10.2 Å². The van der Waals surface area contributed by atoms with Gasteiger partial charge in [0.05, 0.1) is 10.6 Å². The van der Waals surface area contributed by atoms with Gasteiger partial charge in [0.2, 0.25) is 0 Å². The molecule has 4 rings (SSSR count). The number of piperazine rings is 1. The molecular formula is C20H19ClF3N7O. The van der Waals surface area contributed by atoms with Crippen molar-refractivity contribution in [3.05, 3.63) is 59.1 Å². The monoisotopic (exact) mass is 465 g/mol. The highest BCUT2D eigenvalue weighted by Gasteiger charge is 2.33. The molecule has 1 fully saturated rings. The normalized spacial score (nSPS) is 14.5. The lowest BCUT2D eigenvalue weighted by Crippen LogP contribution is -2.50. The van der Waals surface area contributed by atoms with Crippen molar-refractivity contribution in [2.24, 2.45) is 0 Å². The Morgan fingerprint density at radius 2 is 1.81 bits per heavy atom. The molecular weight excluding hydrogens is 447 g/mol. The number of benzene rings is 1. The summed E-state index contributed by atoms with van der Waals surface area (Å²) in [7, 11) is 0. The van der Waals surface area contributed by atoms with Crippen molar-refractivity contribution in [2.75, 3.05) is 36.4 Å². The van der Waals surface area contributed by atoms with Crippen molar-refractivity contribution in [3.8, 4) is 5.82 Å². The molecule has 12 heteroatoms. The number of anilines is 2. The van der Waals surface area contributed by atoms with Crippen LogP contribution in [0, 0.1) is 6.92 Å². The molecule has 1 aromatic carbocycles. The minimum absolute atomic E-state index is 0.0319. The van der Waals surface area contributed by atoms with Crippen LogP contribution in [0.5, 0.6) is 0 Å². The van der Waals surface area contributed by atoms with E-state index in [1.165, 1.54) is 6.07 Å². The van der Waals surface area contributed by atoms with Gasteiger partial charge in [-0.15, -0.1) is 0 Å². The summed E-state index contributed by atoms with van der Waals surface area (Å²) in [6.07, 6.45) is -1.16. The molecule has 0 bridgehead atoms. The van der Waals surface area contributed by atoms with Crippen molar-refractivity contribution < 1.29 is 18.0 Å². The van der Waals surface area contributed by atoms with Crippen LogP contribution in [-0.2, 0) is 6.18 Å². The predicted octanol–water partition coefficient (Wildman–Crippen LogP) is 4.00. The molecule has 0 atom stereocenters. The van der Waals surface area contributed by atoms with Crippen LogP contribution in [0.25, 0.3) is 5.82 Å². The van der Waals surface area contributed by atoms with E-state index in [2.05, 4.69) is 20.4 Å². The first-order valence-electron chi connectivity index (χ1n) is 9.74. The Balaban J connectivity index is 1.41. The summed E-state index contributed by atoms with van der Waals surface area (Å²) in [5.74, 6) is 1.95. The first-order chi connectivity index (χ1) is 15.2. The lowest BCUT2D eigenvalue weighted by Gasteiger charge is -2.35. The van der Waals surface area contributed by atoms with Gasteiger partial charge in [-0.1, -0.05) is 11.6 Å². The molecule has 8 nitrogen and oxygen atoms in total. The maximum absolute atomic E-state index is 13.0. The van der Waals surface area contributed by atoms with E-state index in [4.69, 9.17) is 11.6 Å². The number of hydrogen-bond acceptors (Lipinski definition) is 5. The molecule has 0 saturated carbocycles. The molecule has 1 N–H and O–H groups in total. The van der Waals surface area contributed by atoms with Crippen molar-refractivity contribution in [1.29, 1.82) is 0 Å². The standard InChI is InChI=1S/C20H19ClF3N7O/c1-13-26-17(12-18(27-13)31-6-2-5-25-31)29-7-9-30(10-8-29)19(32)28-14-3-4-16(21)15(11-14)20(22,23)24/h2-6,11-12H,7-10H2,1H3,(H,28,32). The molecule has 0 radical (unpaired) electrons. The van der Waals surface area contributed by atoms with Gasteiger partial charge in [-0.05, 0) is 31.2 Å². The van der Waals surface area contributed by atoms with Gasteiger partial charge in [-0.25, -0.2) is 19.4 Å². The Kier molecular flexibility index (Phi) is 5.92. The summed E-state index contributed by atoms with van der Waals surface area (Å²) >= 11 is 5.63. The van der Waals surface area contributed by atoms with Crippen LogP contribution in [0.15, 0.2) is 42.7 Å². The molecule has 168 valence electrons. The number of carbonyl (C=O) groups excluding carboxylic acids is 1. The van der Waals surface area contributed by atoms with E-state index in [-0.39, 0.29) is 5.69 Å². The highest BCUT2D eigenvalue weighted by molar-refractivity contribution is 6.31. The smallest absolute Gasteiger partial charge is 0.353 e. The van der Waals surface area contributed by atoms with Crippen molar-refractivity contribution in [3.63, 3.8) is 0 Å². The van der Waals surface area contributed by atoms with E-state index < -0.39 is 22.8 Å². The number of amides is 2. The minimum atomic E-state index is -4.60. The van der Waals surface area contributed by atoms with Gasteiger partial charge >= 0.3 is 12.2 Å². The number of alkyl halides is 3. The summed E-state index contributed by atoms with van der Waals surface area (Å²) in [5, 5.41) is 6.28. The second-order valence-electron chi connectivity index (χ2n) is 7.18. The summed E-state index contributed by atoms with van der Waals surface area (Å²) in [6.45, 7) is 3.58. The van der Waals surface area contributed by atoms with Crippen molar-refractivity contribution in [2.45, 2.75) is 13.1 Å². The van der Waals surface area contributed by atoms with Gasteiger partial charge in [0.25, 0.3) is 0 Å². The van der Waals surface area contributed by atoms with E-state index in [9.17, 15) is 18.0 Å². The lowest BCUT2D eigenvalue weighted by atomic mass is 10.2. The molecule has 2 amide bonds. The fourth-order valence-corrected chi connectivity index (χ4v) is 3.61. The highest BCUT2D eigenvalue weighted by Crippen LogP contribution is 2.36. The van der Waals surface area contributed by atoms with E-state index in [0.29, 0.717) is 37.8 Å². The van der Waals surface area contributed by atoms with Gasteiger partial charge in [-0.2, -0.15) is 18.3 Å². The Bertz CT molecular complexity index is 1110. The van der Waals surface area contributed by atoms with Gasteiger partial charge in [0.15, 0.2) is 5.82 Å². The largest absolute Gasteiger partial charge is 0.417 e. The van der Waals surface area contributed by atoms with Crippen molar-refractivity contribution in [1.82, 2.24) is 24.6 Å². The van der Waals surface area contributed by atoms with Gasteiger partial charge < -0.3 is 15.1 Å². The topological polar surface area (TPSA) is 79.2 Å². The van der Waals surface area contributed by atoms with Crippen LogP contribution in [0.3, 0.4) is 0 Å². The third-order valence-electron chi connectivity index (χ3n) is 4.96. The Hall–Kier alpha value is -3.34. The van der Waals surface area contributed by atoms with Crippen LogP contribution >= 0.6 is 11.6 Å². The Morgan fingerprint density at radius 3 is 2.47 bits per heavy atom. The van der Waals surface area contributed by atoms with Crippen LogP contribution in [-0.4, -0.2) is 56.9 Å². The number of hydrogen-bond donors (Lipinski definition) is 1. The Morgan fingerprint density at radius 1 is 1.09 bits per heavy atom. The van der Waals surface area contributed by atoms with Gasteiger partial charge in [-0.3, -0.25) is 0 Å². The molecule has 3 heterocycles. The maximum atomic E-state index is 13.0. The number of nitrogens with one attached hydrogen (secondary N) is 1. The average Bonchev–Trinajstić information content (AvgIpc) is 3.29. The number of halogens is 4. The zero-order chi connectivity index (χ0) is 22.9. The van der Waals surface area contributed by atoms with E-state index in [1.54, 1.807) is 35.0 Å². The molecule has 2 aromatic heterocycles. The maximum Gasteiger partial charge on any atom is 0.417 e. The van der Waals surface area contributed by atoms with Gasteiger partial charge in [0.1, 0.15) is 11.6 Å². The summed E-state index contributed by atoms with van der Waals surface area (Å²) in [6, 6.07) is 6.43. The third-order valence-corrected chi connectivity index (χ3v) is 5.29. The minimum Gasteiger partial charge on any atom is -0.353 e. The number of urea groups is 1. The number of aromatic nitrogens is 4. The highest BCUT2D eigenvalue weighted by atomic mass is 35.5. The first-order valence-corrected chi connectivity index (χ1v) is 10.1. The predicted molar refractivity (Wildman–Crippen MR) is 113 cm³/mol. The SMILES string of the molecule is Cc1nc(N2CCN(C(=O)Nc3ccc(Cl)c(C(F)(F)F)c3)CC2)cc(-n2cccn2)n1. The molecule has 3 aromatic rings. The second-order valence-corrected chi connectivity index (χ2v) is 7.59. The number of rotatable bonds is 3. The lowest BCUT2D eigenvalue weighted by molar-refractivity contribution is -0.137. The van der Waals surface area contributed by atoms with E-state index in [0.717, 1.165) is 18.0 Å². The van der Waals surface area contributed by atoms with Crippen LogP contribution in [0.2, 0.25) is 5.02 Å². The molecule has 1 aliphatic heterocycles. The second kappa shape index (κ2) is 8.65. The molecule has 0 unspecified atom stereocenters.